The van der Waals surface area contributed by atoms with E-state index in [1.165, 1.54) is 24.7 Å². The van der Waals surface area contributed by atoms with Crippen molar-refractivity contribution in [1.82, 2.24) is 24.8 Å². The molecule has 3 heterocycles. The fourth-order valence-electron chi connectivity index (χ4n) is 3.30. The first-order valence-electron chi connectivity index (χ1n) is 9.82. The molecule has 156 valence electrons. The third kappa shape index (κ3) is 4.18. The molecule has 4 aromatic rings. The van der Waals surface area contributed by atoms with E-state index in [0.29, 0.717) is 29.0 Å². The minimum Gasteiger partial charge on any atom is -0.346 e. The SMILES string of the molecule is CCn1cc(C(=O)NCc2cc(-c3ccc(F)cc3)ncn2)c(=O)c2ccc(C)nc21. The monoisotopic (exact) mass is 417 g/mol. The number of benzene rings is 1. The number of amides is 1. The number of nitrogens with one attached hydrogen (secondary N) is 1. The number of halogens is 1. The van der Waals surface area contributed by atoms with Crippen LogP contribution >= 0.6 is 0 Å². The van der Waals surface area contributed by atoms with E-state index < -0.39 is 5.91 Å². The molecule has 0 spiro atoms. The lowest BCUT2D eigenvalue weighted by atomic mass is 10.1. The summed E-state index contributed by atoms with van der Waals surface area (Å²) in [5.74, 6) is -0.819. The molecule has 0 unspecified atom stereocenters. The molecular formula is C23H20FN5O2. The van der Waals surface area contributed by atoms with Gasteiger partial charge in [0.2, 0.25) is 5.43 Å². The van der Waals surface area contributed by atoms with Crippen LogP contribution in [0.15, 0.2) is 59.8 Å². The number of aryl methyl sites for hydroxylation is 2. The highest BCUT2D eigenvalue weighted by Gasteiger charge is 2.16. The number of hydrogen-bond donors (Lipinski definition) is 1. The summed E-state index contributed by atoms with van der Waals surface area (Å²) in [6.45, 7) is 4.46. The van der Waals surface area contributed by atoms with Crippen molar-refractivity contribution in [2.45, 2.75) is 26.9 Å². The van der Waals surface area contributed by atoms with E-state index in [2.05, 4.69) is 20.3 Å². The summed E-state index contributed by atoms with van der Waals surface area (Å²) in [5.41, 5.74) is 2.96. The summed E-state index contributed by atoms with van der Waals surface area (Å²) in [7, 11) is 0. The summed E-state index contributed by atoms with van der Waals surface area (Å²) in [6.07, 6.45) is 2.92. The third-order valence-corrected chi connectivity index (χ3v) is 4.94. The van der Waals surface area contributed by atoms with Crippen LogP contribution in [0.2, 0.25) is 0 Å². The van der Waals surface area contributed by atoms with E-state index in [0.717, 1.165) is 11.3 Å². The van der Waals surface area contributed by atoms with Crippen molar-refractivity contribution in [3.8, 4) is 11.3 Å². The van der Waals surface area contributed by atoms with Crippen molar-refractivity contribution in [3.05, 3.63) is 88.0 Å². The highest BCUT2D eigenvalue weighted by atomic mass is 19.1. The van der Waals surface area contributed by atoms with Crippen LogP contribution in [0.3, 0.4) is 0 Å². The highest BCUT2D eigenvalue weighted by molar-refractivity contribution is 5.96. The Kier molecular flexibility index (Phi) is 5.53. The van der Waals surface area contributed by atoms with E-state index in [4.69, 9.17) is 0 Å². The third-order valence-electron chi connectivity index (χ3n) is 4.94. The molecule has 1 amide bonds. The van der Waals surface area contributed by atoms with Gasteiger partial charge in [0.15, 0.2) is 0 Å². The second-order valence-electron chi connectivity index (χ2n) is 7.07. The number of rotatable bonds is 5. The maximum atomic E-state index is 13.1. The van der Waals surface area contributed by atoms with Crippen LogP contribution in [-0.2, 0) is 13.1 Å². The molecule has 1 aromatic carbocycles. The van der Waals surface area contributed by atoms with Crippen LogP contribution in [0.4, 0.5) is 4.39 Å². The van der Waals surface area contributed by atoms with E-state index in [1.807, 2.05) is 13.8 Å². The van der Waals surface area contributed by atoms with Crippen molar-refractivity contribution in [2.75, 3.05) is 0 Å². The topological polar surface area (TPSA) is 89.8 Å². The van der Waals surface area contributed by atoms with Gasteiger partial charge in [-0.15, -0.1) is 0 Å². The molecule has 1 N–H and O–H groups in total. The summed E-state index contributed by atoms with van der Waals surface area (Å²) in [6, 6.07) is 11.1. The smallest absolute Gasteiger partial charge is 0.257 e. The second-order valence-corrected chi connectivity index (χ2v) is 7.07. The summed E-state index contributed by atoms with van der Waals surface area (Å²) < 4.78 is 14.9. The van der Waals surface area contributed by atoms with Gasteiger partial charge in [0.05, 0.1) is 23.3 Å². The number of nitrogens with zero attached hydrogens (tertiary/aromatic N) is 4. The van der Waals surface area contributed by atoms with Gasteiger partial charge in [0.25, 0.3) is 5.91 Å². The first-order chi connectivity index (χ1) is 15.0. The van der Waals surface area contributed by atoms with Crippen molar-refractivity contribution >= 4 is 16.9 Å². The zero-order valence-electron chi connectivity index (χ0n) is 17.1. The zero-order chi connectivity index (χ0) is 22.0. The molecule has 0 aliphatic heterocycles. The van der Waals surface area contributed by atoms with Gasteiger partial charge in [-0.25, -0.2) is 19.3 Å². The predicted molar refractivity (Wildman–Crippen MR) is 115 cm³/mol. The number of aromatic nitrogens is 4. The Morgan fingerprint density at radius 1 is 1.13 bits per heavy atom. The Bertz CT molecular complexity index is 1330. The minimum atomic E-state index is -0.489. The largest absolute Gasteiger partial charge is 0.346 e. The Hall–Kier alpha value is -3.94. The molecule has 0 aliphatic rings. The van der Waals surface area contributed by atoms with Gasteiger partial charge < -0.3 is 9.88 Å². The lowest BCUT2D eigenvalue weighted by Crippen LogP contribution is -2.30. The Morgan fingerprint density at radius 3 is 2.65 bits per heavy atom. The molecule has 0 atom stereocenters. The predicted octanol–water partition coefficient (Wildman–Crippen LogP) is 3.25. The van der Waals surface area contributed by atoms with E-state index in [9.17, 15) is 14.0 Å². The van der Waals surface area contributed by atoms with E-state index >= 15 is 0 Å². The molecule has 0 fully saturated rings. The molecule has 7 nitrogen and oxygen atoms in total. The number of hydrogen-bond acceptors (Lipinski definition) is 5. The molecule has 4 rings (SSSR count). The highest BCUT2D eigenvalue weighted by Crippen LogP contribution is 2.17. The second kappa shape index (κ2) is 8.43. The van der Waals surface area contributed by atoms with Gasteiger partial charge in [-0.2, -0.15) is 0 Å². The molecule has 0 bridgehead atoms. The van der Waals surface area contributed by atoms with Crippen molar-refractivity contribution in [3.63, 3.8) is 0 Å². The summed E-state index contributed by atoms with van der Waals surface area (Å²) in [4.78, 5) is 38.4. The van der Waals surface area contributed by atoms with Crippen LogP contribution in [0.25, 0.3) is 22.3 Å². The van der Waals surface area contributed by atoms with Gasteiger partial charge in [-0.1, -0.05) is 0 Å². The molecule has 0 saturated heterocycles. The zero-order valence-corrected chi connectivity index (χ0v) is 17.1. The molecule has 8 heteroatoms. The Balaban J connectivity index is 1.58. The average molecular weight is 417 g/mol. The van der Waals surface area contributed by atoms with Crippen molar-refractivity contribution in [1.29, 1.82) is 0 Å². The van der Waals surface area contributed by atoms with Crippen LogP contribution in [0.5, 0.6) is 0 Å². The van der Waals surface area contributed by atoms with Crippen molar-refractivity contribution < 1.29 is 9.18 Å². The molecule has 0 saturated carbocycles. The van der Waals surface area contributed by atoms with Crippen LogP contribution in [0.1, 0.15) is 28.7 Å². The molecule has 31 heavy (non-hydrogen) atoms. The molecule has 3 aromatic heterocycles. The fraction of sp³-hybridized carbons (Fsp3) is 0.174. The van der Waals surface area contributed by atoms with Gasteiger partial charge >= 0.3 is 0 Å². The fourth-order valence-corrected chi connectivity index (χ4v) is 3.30. The van der Waals surface area contributed by atoms with E-state index in [1.54, 1.807) is 34.9 Å². The summed E-state index contributed by atoms with van der Waals surface area (Å²) in [5, 5.41) is 3.15. The Labute approximate surface area is 177 Å². The van der Waals surface area contributed by atoms with Crippen LogP contribution < -0.4 is 10.7 Å². The number of fused-ring (bicyclic) bond motifs is 1. The first-order valence-corrected chi connectivity index (χ1v) is 9.82. The standard InChI is InChI=1S/C23H20FN5O2/c1-3-29-12-19(21(30)18-9-4-14(2)28-22(18)29)23(31)25-11-17-10-20(27-13-26-17)15-5-7-16(24)8-6-15/h4-10,12-13H,3,11H2,1-2H3,(H,25,31). The van der Waals surface area contributed by atoms with Crippen LogP contribution in [-0.4, -0.2) is 25.4 Å². The van der Waals surface area contributed by atoms with Crippen LogP contribution in [0, 0.1) is 12.7 Å². The lowest BCUT2D eigenvalue weighted by Gasteiger charge is -2.11. The number of pyridine rings is 2. The van der Waals surface area contributed by atoms with Gasteiger partial charge in [-0.05, 0) is 56.3 Å². The Morgan fingerprint density at radius 2 is 1.90 bits per heavy atom. The average Bonchev–Trinajstić information content (AvgIpc) is 2.78. The van der Waals surface area contributed by atoms with Crippen molar-refractivity contribution in [2.24, 2.45) is 0 Å². The maximum absolute atomic E-state index is 13.1. The number of carbonyl (C=O) groups excluding carboxylic acids is 1. The molecular weight excluding hydrogens is 397 g/mol. The maximum Gasteiger partial charge on any atom is 0.257 e. The molecule has 0 radical (unpaired) electrons. The van der Waals surface area contributed by atoms with E-state index in [-0.39, 0.29) is 23.4 Å². The molecule has 0 aliphatic carbocycles. The van der Waals surface area contributed by atoms with Gasteiger partial charge in [-0.3, -0.25) is 9.59 Å². The normalized spacial score (nSPS) is 10.9. The summed E-state index contributed by atoms with van der Waals surface area (Å²) >= 11 is 0. The van der Waals surface area contributed by atoms with Gasteiger partial charge in [0, 0.05) is 24.0 Å². The number of carbonyl (C=O) groups is 1. The quantitative estimate of drug-likeness (QED) is 0.538. The lowest BCUT2D eigenvalue weighted by molar-refractivity contribution is 0.0948. The minimum absolute atomic E-state index is 0.0489. The first kappa shape index (κ1) is 20.3. The van der Waals surface area contributed by atoms with Gasteiger partial charge in [0.1, 0.15) is 23.4 Å².